The molecule has 0 saturated heterocycles. The molecule has 0 fully saturated rings. The Balaban J connectivity index is 1.53. The normalized spacial score (nSPS) is 11.4. The van der Waals surface area contributed by atoms with E-state index in [0.717, 1.165) is 33.5 Å². The van der Waals surface area contributed by atoms with Gasteiger partial charge in [0.05, 0.1) is 5.52 Å². The molecule has 2 aromatic heterocycles. The summed E-state index contributed by atoms with van der Waals surface area (Å²) in [5.74, 6) is -0.179. The lowest BCUT2D eigenvalue weighted by molar-refractivity contribution is -0.116. The Kier molecular flexibility index (Phi) is 5.54. The molecule has 160 valence electrons. The number of amides is 1. The molecule has 0 aliphatic heterocycles. The van der Waals surface area contributed by atoms with Crippen molar-refractivity contribution in [3.05, 3.63) is 65.0 Å². The summed E-state index contributed by atoms with van der Waals surface area (Å²) in [4.78, 5) is 17.3. The van der Waals surface area contributed by atoms with Crippen LogP contribution in [0.3, 0.4) is 0 Å². The second kappa shape index (κ2) is 8.29. The summed E-state index contributed by atoms with van der Waals surface area (Å²) in [7, 11) is 0. The maximum atomic E-state index is 12.6. The molecule has 0 unspecified atom stereocenters. The molecule has 0 spiro atoms. The molecule has 0 saturated carbocycles. The highest BCUT2D eigenvalue weighted by atomic mass is 19.3. The first-order valence-corrected chi connectivity index (χ1v) is 9.93. The number of fused-ring (bicyclic) bond motifs is 3. The SMILES string of the molecule is Cc1nc2c3ccccc3nn2c(C)c1CCC(=O)Nc1cccc(OC(F)F)c1C. The van der Waals surface area contributed by atoms with Crippen LogP contribution in [0.2, 0.25) is 0 Å². The number of carbonyl (C=O) groups excluding carboxylic acids is 1. The molecular weight excluding hydrogens is 402 g/mol. The number of halogens is 2. The zero-order valence-corrected chi connectivity index (χ0v) is 17.4. The number of ether oxygens (including phenoxy) is 1. The molecule has 2 heterocycles. The Bertz CT molecular complexity index is 1280. The van der Waals surface area contributed by atoms with Gasteiger partial charge in [-0.05, 0) is 57.0 Å². The Hall–Kier alpha value is -3.55. The van der Waals surface area contributed by atoms with Crippen LogP contribution in [0.1, 0.15) is 28.9 Å². The molecule has 1 N–H and O–H groups in total. The van der Waals surface area contributed by atoms with E-state index in [9.17, 15) is 13.6 Å². The number of rotatable bonds is 6. The van der Waals surface area contributed by atoms with E-state index >= 15 is 0 Å². The number of nitrogens with one attached hydrogen (secondary N) is 1. The van der Waals surface area contributed by atoms with Gasteiger partial charge in [-0.1, -0.05) is 18.2 Å². The Morgan fingerprint density at radius 3 is 2.68 bits per heavy atom. The van der Waals surface area contributed by atoms with Crippen LogP contribution in [-0.2, 0) is 11.2 Å². The number of alkyl halides is 2. The van der Waals surface area contributed by atoms with Crippen LogP contribution in [0.5, 0.6) is 5.75 Å². The lowest BCUT2D eigenvalue weighted by Gasteiger charge is -2.14. The van der Waals surface area contributed by atoms with E-state index in [4.69, 9.17) is 4.98 Å². The van der Waals surface area contributed by atoms with E-state index in [2.05, 4.69) is 15.2 Å². The molecule has 31 heavy (non-hydrogen) atoms. The summed E-state index contributed by atoms with van der Waals surface area (Å²) < 4.78 is 31.4. The lowest BCUT2D eigenvalue weighted by Crippen LogP contribution is -2.15. The van der Waals surface area contributed by atoms with Gasteiger partial charge in [0, 0.05) is 34.4 Å². The molecule has 2 aromatic carbocycles. The van der Waals surface area contributed by atoms with E-state index < -0.39 is 6.61 Å². The van der Waals surface area contributed by atoms with E-state index in [1.807, 2.05) is 42.6 Å². The van der Waals surface area contributed by atoms with Crippen molar-refractivity contribution in [3.63, 3.8) is 0 Å². The number of carbonyl (C=O) groups is 1. The van der Waals surface area contributed by atoms with Crippen molar-refractivity contribution in [1.82, 2.24) is 14.6 Å². The van der Waals surface area contributed by atoms with Gasteiger partial charge in [0.15, 0.2) is 5.65 Å². The number of benzene rings is 2. The van der Waals surface area contributed by atoms with Gasteiger partial charge in [-0.3, -0.25) is 4.79 Å². The molecule has 0 atom stereocenters. The first kappa shape index (κ1) is 20.7. The van der Waals surface area contributed by atoms with Crippen molar-refractivity contribution in [3.8, 4) is 5.75 Å². The highest BCUT2D eigenvalue weighted by Crippen LogP contribution is 2.27. The predicted molar refractivity (Wildman–Crippen MR) is 115 cm³/mol. The topological polar surface area (TPSA) is 68.5 Å². The van der Waals surface area contributed by atoms with Gasteiger partial charge in [0.25, 0.3) is 0 Å². The van der Waals surface area contributed by atoms with Crippen molar-refractivity contribution >= 4 is 28.1 Å². The van der Waals surface area contributed by atoms with Crippen LogP contribution < -0.4 is 10.1 Å². The average molecular weight is 424 g/mol. The second-order valence-corrected chi connectivity index (χ2v) is 7.37. The minimum atomic E-state index is -2.92. The van der Waals surface area contributed by atoms with Gasteiger partial charge in [0.1, 0.15) is 5.75 Å². The van der Waals surface area contributed by atoms with Gasteiger partial charge >= 0.3 is 6.61 Å². The van der Waals surface area contributed by atoms with Gasteiger partial charge < -0.3 is 10.1 Å². The molecular formula is C23H22F2N4O2. The van der Waals surface area contributed by atoms with Crippen molar-refractivity contribution < 1.29 is 18.3 Å². The van der Waals surface area contributed by atoms with Gasteiger partial charge in [-0.15, -0.1) is 0 Å². The van der Waals surface area contributed by atoms with Crippen LogP contribution in [0.25, 0.3) is 16.6 Å². The van der Waals surface area contributed by atoms with Crippen molar-refractivity contribution in [2.24, 2.45) is 0 Å². The van der Waals surface area contributed by atoms with E-state index in [-0.39, 0.29) is 18.1 Å². The summed E-state index contributed by atoms with van der Waals surface area (Å²) in [6.45, 7) is 2.60. The largest absolute Gasteiger partial charge is 0.434 e. The minimum absolute atomic E-state index is 0.0416. The first-order chi connectivity index (χ1) is 14.8. The molecule has 4 rings (SSSR count). The molecule has 4 aromatic rings. The van der Waals surface area contributed by atoms with Gasteiger partial charge in [-0.2, -0.15) is 13.9 Å². The first-order valence-electron chi connectivity index (χ1n) is 9.93. The number of aryl methyl sites for hydroxylation is 2. The van der Waals surface area contributed by atoms with Crippen LogP contribution in [0.4, 0.5) is 14.5 Å². The molecule has 0 bridgehead atoms. The Morgan fingerprint density at radius 1 is 1.13 bits per heavy atom. The molecule has 0 radical (unpaired) electrons. The maximum absolute atomic E-state index is 12.6. The number of anilines is 1. The molecule has 8 heteroatoms. The highest BCUT2D eigenvalue weighted by Gasteiger charge is 2.16. The third-order valence-corrected chi connectivity index (χ3v) is 5.39. The Labute approximate surface area is 177 Å². The smallest absolute Gasteiger partial charge is 0.387 e. The van der Waals surface area contributed by atoms with Crippen LogP contribution >= 0.6 is 0 Å². The summed E-state index contributed by atoms with van der Waals surface area (Å²) >= 11 is 0. The summed E-state index contributed by atoms with van der Waals surface area (Å²) in [5, 5.41) is 8.41. The monoisotopic (exact) mass is 424 g/mol. The number of nitrogens with zero attached hydrogens (tertiary/aromatic N) is 3. The van der Waals surface area contributed by atoms with Crippen LogP contribution in [0, 0.1) is 20.8 Å². The minimum Gasteiger partial charge on any atom is -0.434 e. The zero-order valence-electron chi connectivity index (χ0n) is 17.4. The summed E-state index contributed by atoms with van der Waals surface area (Å²) in [5.41, 5.74) is 5.32. The molecule has 0 aliphatic carbocycles. The van der Waals surface area contributed by atoms with E-state index in [0.29, 0.717) is 17.7 Å². The number of hydrogen-bond donors (Lipinski definition) is 1. The van der Waals surface area contributed by atoms with E-state index in [1.54, 1.807) is 19.1 Å². The zero-order chi connectivity index (χ0) is 22.1. The summed E-state index contributed by atoms with van der Waals surface area (Å²) in [6.07, 6.45) is 0.698. The lowest BCUT2D eigenvalue weighted by atomic mass is 10.1. The van der Waals surface area contributed by atoms with Crippen molar-refractivity contribution in [2.75, 3.05) is 5.32 Å². The third kappa shape index (κ3) is 4.05. The number of hydrogen-bond acceptors (Lipinski definition) is 4. The molecule has 1 amide bonds. The predicted octanol–water partition coefficient (Wildman–Crippen LogP) is 4.98. The second-order valence-electron chi connectivity index (χ2n) is 7.37. The average Bonchev–Trinajstić information content (AvgIpc) is 3.09. The quantitative estimate of drug-likeness (QED) is 0.474. The highest BCUT2D eigenvalue weighted by molar-refractivity contribution is 5.93. The maximum Gasteiger partial charge on any atom is 0.387 e. The fraction of sp³-hybridized carbons (Fsp3) is 0.261. The molecule has 0 aliphatic rings. The van der Waals surface area contributed by atoms with Gasteiger partial charge in [-0.25, -0.2) is 9.50 Å². The van der Waals surface area contributed by atoms with Crippen LogP contribution in [-0.4, -0.2) is 27.1 Å². The third-order valence-electron chi connectivity index (χ3n) is 5.39. The number of aromatic nitrogens is 3. The Morgan fingerprint density at radius 2 is 1.90 bits per heavy atom. The van der Waals surface area contributed by atoms with Crippen molar-refractivity contribution in [2.45, 2.75) is 40.2 Å². The van der Waals surface area contributed by atoms with Gasteiger partial charge in [0.2, 0.25) is 5.91 Å². The molecule has 6 nitrogen and oxygen atoms in total. The van der Waals surface area contributed by atoms with Crippen molar-refractivity contribution in [1.29, 1.82) is 0 Å². The standard InChI is InChI=1S/C23H22F2N4O2/c1-13-18(9-6-10-20(13)31-23(24)25)27-21(30)12-11-16-14(2)26-22-17-7-4-5-8-19(17)28-29(22)15(16)3/h4-10,23H,11-12H2,1-3H3,(H,27,30). The fourth-order valence-electron chi connectivity index (χ4n) is 3.76. The van der Waals surface area contributed by atoms with Crippen LogP contribution in [0.15, 0.2) is 42.5 Å². The summed E-state index contributed by atoms with van der Waals surface area (Å²) in [6, 6.07) is 12.5. The van der Waals surface area contributed by atoms with E-state index in [1.165, 1.54) is 6.07 Å². The fourth-order valence-corrected chi connectivity index (χ4v) is 3.76.